The zero-order valence-corrected chi connectivity index (χ0v) is 23.8. The third-order valence-electron chi connectivity index (χ3n) is 9.06. The van der Waals surface area contributed by atoms with E-state index in [-0.39, 0.29) is 29.3 Å². The van der Waals surface area contributed by atoms with Crippen molar-refractivity contribution in [1.82, 2.24) is 19.6 Å². The summed E-state index contributed by atoms with van der Waals surface area (Å²) in [6.45, 7) is 2.92. The monoisotopic (exact) mass is 572 g/mol. The zero-order valence-electron chi connectivity index (χ0n) is 23.8. The first kappa shape index (κ1) is 28.3. The first-order chi connectivity index (χ1) is 20.3. The zero-order chi connectivity index (χ0) is 29.4. The lowest BCUT2D eigenvalue weighted by Crippen LogP contribution is -2.45. The molecule has 0 bridgehead atoms. The Kier molecular flexibility index (Phi) is 7.75. The number of fused-ring (bicyclic) bond motifs is 1. The van der Waals surface area contributed by atoms with Crippen molar-refractivity contribution in [2.24, 2.45) is 11.7 Å². The summed E-state index contributed by atoms with van der Waals surface area (Å²) in [5.74, 6) is -0.320. The van der Waals surface area contributed by atoms with Crippen LogP contribution in [0.3, 0.4) is 0 Å². The standard InChI is InChI=1S/C32H34F2N6O2/c1-19-11-20(12-27(36)31(19)41-2)24-5-8-37-16-21(24)13-29-38-17-23-3-4-28(39-40(23)29)30-25(33)14-22(15-26(30)34)32(18-35)6-9-42-10-7-32/h3-5,8,14-17,19-20,27,31H,6-7,9-13,36H2,1-2H3/t19-,20+,27+,31-/m0/s1. The first-order valence-electron chi connectivity index (χ1n) is 14.4. The highest BCUT2D eigenvalue weighted by molar-refractivity contribution is 5.64. The van der Waals surface area contributed by atoms with Gasteiger partial charge in [0.15, 0.2) is 0 Å². The van der Waals surface area contributed by atoms with Crippen LogP contribution in [0.15, 0.2) is 48.9 Å². The Morgan fingerprint density at radius 1 is 1.14 bits per heavy atom. The quantitative estimate of drug-likeness (QED) is 0.343. The highest BCUT2D eigenvalue weighted by Crippen LogP contribution is 2.39. The van der Waals surface area contributed by atoms with Crippen LogP contribution in [0.25, 0.3) is 16.8 Å². The predicted octanol–water partition coefficient (Wildman–Crippen LogP) is 5.09. The molecule has 4 aromatic rings. The Hall–Kier alpha value is -3.78. The molecule has 4 atom stereocenters. The number of hydrogen-bond donors (Lipinski definition) is 1. The fourth-order valence-electron chi connectivity index (χ4n) is 6.85. The molecule has 4 heterocycles. The van der Waals surface area contributed by atoms with Crippen LogP contribution in [0.2, 0.25) is 0 Å². The third-order valence-corrected chi connectivity index (χ3v) is 9.06. The van der Waals surface area contributed by atoms with Crippen molar-refractivity contribution < 1.29 is 18.3 Å². The topological polar surface area (TPSA) is 111 Å². The molecule has 2 aliphatic rings. The Balaban J connectivity index is 1.32. The lowest BCUT2D eigenvalue weighted by atomic mass is 9.74. The molecule has 0 radical (unpaired) electrons. The summed E-state index contributed by atoms with van der Waals surface area (Å²) < 4.78 is 43.7. The van der Waals surface area contributed by atoms with Gasteiger partial charge in [-0.2, -0.15) is 10.4 Å². The van der Waals surface area contributed by atoms with Gasteiger partial charge in [-0.05, 0) is 84.5 Å². The number of methoxy groups -OCH3 is 1. The summed E-state index contributed by atoms with van der Waals surface area (Å²) in [7, 11) is 1.71. The number of nitrogens with two attached hydrogens (primary N) is 1. The fourth-order valence-corrected chi connectivity index (χ4v) is 6.85. The number of aromatic nitrogens is 4. The molecule has 0 unspecified atom stereocenters. The summed E-state index contributed by atoms with van der Waals surface area (Å²) in [6.07, 6.45) is 8.34. The maximum absolute atomic E-state index is 15.5. The maximum Gasteiger partial charge on any atom is 0.135 e. The van der Waals surface area contributed by atoms with E-state index in [0.29, 0.717) is 55.3 Å². The summed E-state index contributed by atoms with van der Waals surface area (Å²) in [5.41, 5.74) is 8.63. The SMILES string of the molecule is CO[C@@H]1[C@H](N)C[C@H](c2ccncc2Cc2ncc3ccc(-c4c(F)cc(C5(C#N)CCOCC5)cc4F)nn23)C[C@@H]1C. The maximum atomic E-state index is 15.5. The molecule has 0 spiro atoms. The van der Waals surface area contributed by atoms with Crippen molar-refractivity contribution in [3.05, 3.63) is 83.1 Å². The number of hydrogen-bond acceptors (Lipinski definition) is 7. The number of rotatable bonds is 6. The van der Waals surface area contributed by atoms with E-state index in [1.165, 1.54) is 17.7 Å². The summed E-state index contributed by atoms with van der Waals surface area (Å²) in [4.78, 5) is 8.97. The molecule has 10 heteroatoms. The summed E-state index contributed by atoms with van der Waals surface area (Å²) in [5, 5.41) is 14.5. The summed E-state index contributed by atoms with van der Waals surface area (Å²) in [6, 6.07) is 10.1. The van der Waals surface area contributed by atoms with Crippen LogP contribution in [0.1, 0.15) is 61.0 Å². The van der Waals surface area contributed by atoms with E-state index in [4.69, 9.17) is 15.2 Å². The van der Waals surface area contributed by atoms with Gasteiger partial charge in [0, 0.05) is 45.2 Å². The molecule has 218 valence electrons. The van der Waals surface area contributed by atoms with Gasteiger partial charge < -0.3 is 15.2 Å². The van der Waals surface area contributed by atoms with Gasteiger partial charge in [0.2, 0.25) is 0 Å². The number of ether oxygens (including phenoxy) is 2. The molecule has 1 aliphatic heterocycles. The van der Waals surface area contributed by atoms with E-state index in [1.807, 2.05) is 12.3 Å². The predicted molar refractivity (Wildman–Crippen MR) is 153 cm³/mol. The second-order valence-corrected chi connectivity index (χ2v) is 11.6. The van der Waals surface area contributed by atoms with Crippen LogP contribution in [-0.2, 0) is 21.3 Å². The van der Waals surface area contributed by atoms with Crippen molar-refractivity contribution in [2.75, 3.05) is 20.3 Å². The Bertz CT molecular complexity index is 1610. The number of nitrogens with zero attached hydrogens (tertiary/aromatic N) is 5. The molecule has 42 heavy (non-hydrogen) atoms. The van der Waals surface area contributed by atoms with Gasteiger partial charge in [0.25, 0.3) is 0 Å². The van der Waals surface area contributed by atoms with E-state index >= 15 is 8.78 Å². The normalized spacial score (nSPS) is 24.0. The number of imidazole rings is 1. The Morgan fingerprint density at radius 3 is 2.60 bits per heavy atom. The fraction of sp³-hybridized carbons (Fsp3) is 0.438. The van der Waals surface area contributed by atoms with Crippen molar-refractivity contribution in [2.45, 2.75) is 62.5 Å². The van der Waals surface area contributed by atoms with Crippen LogP contribution in [0.5, 0.6) is 0 Å². The Labute approximate surface area is 243 Å². The van der Waals surface area contributed by atoms with Crippen LogP contribution < -0.4 is 5.73 Å². The van der Waals surface area contributed by atoms with Crippen LogP contribution >= 0.6 is 0 Å². The second-order valence-electron chi connectivity index (χ2n) is 11.6. The molecule has 1 aromatic carbocycles. The van der Waals surface area contributed by atoms with E-state index in [9.17, 15) is 5.26 Å². The smallest absolute Gasteiger partial charge is 0.135 e. The number of pyridine rings is 1. The highest BCUT2D eigenvalue weighted by atomic mass is 19.1. The highest BCUT2D eigenvalue weighted by Gasteiger charge is 2.37. The molecule has 8 nitrogen and oxygen atoms in total. The van der Waals surface area contributed by atoms with Gasteiger partial charge in [0.1, 0.15) is 17.5 Å². The molecule has 2 fully saturated rings. The van der Waals surface area contributed by atoms with Crippen molar-refractivity contribution in [3.63, 3.8) is 0 Å². The van der Waals surface area contributed by atoms with Gasteiger partial charge in [0.05, 0.1) is 40.6 Å². The van der Waals surface area contributed by atoms with Crippen LogP contribution in [-0.4, -0.2) is 52.1 Å². The van der Waals surface area contributed by atoms with Crippen LogP contribution in [0.4, 0.5) is 8.78 Å². The van der Waals surface area contributed by atoms with E-state index in [2.05, 4.69) is 28.1 Å². The number of nitriles is 1. The van der Waals surface area contributed by atoms with Gasteiger partial charge in [-0.25, -0.2) is 18.3 Å². The van der Waals surface area contributed by atoms with Gasteiger partial charge in [-0.1, -0.05) is 6.92 Å². The van der Waals surface area contributed by atoms with Crippen LogP contribution in [0, 0.1) is 28.9 Å². The lowest BCUT2D eigenvalue weighted by Gasteiger charge is -2.38. The molecule has 0 amide bonds. The molecular formula is C32H34F2N6O2. The average molecular weight is 573 g/mol. The van der Waals surface area contributed by atoms with Crippen molar-refractivity contribution in [1.29, 1.82) is 5.26 Å². The molecule has 1 saturated heterocycles. The largest absolute Gasteiger partial charge is 0.381 e. The minimum absolute atomic E-state index is 0.0300. The number of halogens is 2. The molecule has 1 aliphatic carbocycles. The molecule has 2 N–H and O–H groups in total. The van der Waals surface area contributed by atoms with Gasteiger partial charge in [-0.3, -0.25) is 4.98 Å². The molecule has 6 rings (SSSR count). The third kappa shape index (κ3) is 5.06. The van der Waals surface area contributed by atoms with Crippen molar-refractivity contribution >= 4 is 5.52 Å². The van der Waals surface area contributed by atoms with E-state index < -0.39 is 17.0 Å². The second kappa shape index (κ2) is 11.5. The minimum atomic E-state index is -0.973. The average Bonchev–Trinajstić information content (AvgIpc) is 3.39. The summed E-state index contributed by atoms with van der Waals surface area (Å²) >= 11 is 0. The Morgan fingerprint density at radius 2 is 1.90 bits per heavy atom. The van der Waals surface area contributed by atoms with Crippen molar-refractivity contribution in [3.8, 4) is 17.3 Å². The molecule has 1 saturated carbocycles. The van der Waals surface area contributed by atoms with Gasteiger partial charge >= 0.3 is 0 Å². The molecule has 3 aromatic heterocycles. The molecular weight excluding hydrogens is 538 g/mol. The van der Waals surface area contributed by atoms with Gasteiger partial charge in [-0.15, -0.1) is 0 Å². The minimum Gasteiger partial charge on any atom is -0.381 e. The first-order valence-corrected chi connectivity index (χ1v) is 14.4. The van der Waals surface area contributed by atoms with E-state index in [1.54, 1.807) is 36.2 Å². The number of benzene rings is 1. The van der Waals surface area contributed by atoms with E-state index in [0.717, 1.165) is 18.4 Å². The lowest BCUT2D eigenvalue weighted by molar-refractivity contribution is 0.00970.